The lowest BCUT2D eigenvalue weighted by Gasteiger charge is -2.37. The van der Waals surface area contributed by atoms with Crippen LogP contribution in [-0.2, 0) is 47.3 Å². The summed E-state index contributed by atoms with van der Waals surface area (Å²) >= 11 is 0. The first-order valence-corrected chi connectivity index (χ1v) is 22.1. The Labute approximate surface area is 380 Å². The van der Waals surface area contributed by atoms with E-state index in [1.54, 1.807) is 6.08 Å². The topological polar surface area (TPSA) is 163 Å². The first kappa shape index (κ1) is 47.1. The van der Waals surface area contributed by atoms with Crippen LogP contribution in [0.2, 0.25) is 0 Å². The van der Waals surface area contributed by atoms with Crippen molar-refractivity contribution in [1.29, 1.82) is 0 Å². The number of likely N-dealkylation sites (tertiary alicyclic amines) is 1. The van der Waals surface area contributed by atoms with Crippen molar-refractivity contribution in [2.45, 2.75) is 83.1 Å². The van der Waals surface area contributed by atoms with Gasteiger partial charge in [0.25, 0.3) is 5.91 Å². The number of benzene rings is 5. The maximum atomic E-state index is 14.6. The van der Waals surface area contributed by atoms with E-state index in [-0.39, 0.29) is 57.1 Å². The largest absolute Gasteiger partial charge is 0.445 e. The molecule has 5 aromatic rings. The zero-order chi connectivity index (χ0) is 46.2. The number of carbonyl (C=O) groups is 6. The van der Waals surface area contributed by atoms with Gasteiger partial charge in [0.15, 0.2) is 0 Å². The Morgan fingerprint density at radius 3 is 1.65 bits per heavy atom. The van der Waals surface area contributed by atoms with E-state index < -0.39 is 53.4 Å². The number of rotatable bonds is 19. The SMILES string of the molecule is CC(=O)N1CC/C(=C\[C@H](CCC(=O)NC(c2ccccc2)(c2ccccc2)c2ccccc2)NC(=O)[C@H](Cc2ccccc2)NC(=O)[C@H](CC(C)C)NC(=O)OCc2ccccc2)C1=O. The molecule has 5 aromatic carbocycles. The molecule has 1 saturated heterocycles. The second-order valence-electron chi connectivity index (χ2n) is 16.6. The van der Waals surface area contributed by atoms with Gasteiger partial charge in [0.05, 0.1) is 0 Å². The van der Waals surface area contributed by atoms with Crippen molar-refractivity contribution >= 4 is 35.6 Å². The number of ether oxygens (including phenoxy) is 1. The van der Waals surface area contributed by atoms with Crippen molar-refractivity contribution in [2.75, 3.05) is 6.54 Å². The second kappa shape index (κ2) is 22.8. The molecule has 1 aliphatic heterocycles. The van der Waals surface area contributed by atoms with E-state index in [2.05, 4.69) is 21.3 Å². The highest BCUT2D eigenvalue weighted by molar-refractivity contribution is 6.05. The van der Waals surface area contributed by atoms with Gasteiger partial charge in [0, 0.05) is 37.9 Å². The number of nitrogens with zero attached hydrogens (tertiary/aromatic N) is 1. The molecule has 0 aromatic heterocycles. The van der Waals surface area contributed by atoms with Crippen LogP contribution in [0.3, 0.4) is 0 Å². The summed E-state index contributed by atoms with van der Waals surface area (Å²) in [7, 11) is 0. The van der Waals surface area contributed by atoms with Crippen molar-refractivity contribution in [3.63, 3.8) is 0 Å². The summed E-state index contributed by atoms with van der Waals surface area (Å²) in [5, 5.41) is 12.0. The van der Waals surface area contributed by atoms with Gasteiger partial charge in [-0.3, -0.25) is 28.9 Å². The molecule has 4 N–H and O–H groups in total. The first-order chi connectivity index (χ1) is 31.4. The highest BCUT2D eigenvalue weighted by atomic mass is 16.5. The van der Waals surface area contributed by atoms with Crippen molar-refractivity contribution in [3.05, 3.63) is 191 Å². The van der Waals surface area contributed by atoms with Crippen LogP contribution in [0.1, 0.15) is 74.3 Å². The minimum Gasteiger partial charge on any atom is -0.445 e. The van der Waals surface area contributed by atoms with Crippen molar-refractivity contribution in [2.24, 2.45) is 5.92 Å². The van der Waals surface area contributed by atoms with Crippen LogP contribution < -0.4 is 21.3 Å². The molecular weight excluding hydrogens is 819 g/mol. The Hall–Kier alpha value is -7.34. The smallest absolute Gasteiger partial charge is 0.408 e. The molecule has 6 rings (SSSR count). The summed E-state index contributed by atoms with van der Waals surface area (Å²) in [5.74, 6) is -2.34. The van der Waals surface area contributed by atoms with Crippen LogP contribution in [0.15, 0.2) is 163 Å². The first-order valence-electron chi connectivity index (χ1n) is 22.1. The monoisotopic (exact) mass is 875 g/mol. The van der Waals surface area contributed by atoms with E-state index in [1.807, 2.05) is 166 Å². The molecule has 0 saturated carbocycles. The Bertz CT molecular complexity index is 2320. The lowest BCUT2D eigenvalue weighted by Crippen LogP contribution is -2.56. The maximum absolute atomic E-state index is 14.6. The third-order valence-corrected chi connectivity index (χ3v) is 11.3. The van der Waals surface area contributed by atoms with Crippen LogP contribution in [0.5, 0.6) is 0 Å². The van der Waals surface area contributed by atoms with Gasteiger partial charge >= 0.3 is 6.09 Å². The van der Waals surface area contributed by atoms with E-state index in [1.165, 1.54) is 6.92 Å². The molecule has 0 aliphatic carbocycles. The minimum absolute atomic E-state index is 0.00773. The predicted octanol–water partition coefficient (Wildman–Crippen LogP) is 7.13. The van der Waals surface area contributed by atoms with Crippen LogP contribution in [0.4, 0.5) is 4.79 Å². The third kappa shape index (κ3) is 12.9. The summed E-state index contributed by atoms with van der Waals surface area (Å²) < 4.78 is 5.44. The van der Waals surface area contributed by atoms with Gasteiger partial charge < -0.3 is 26.0 Å². The molecule has 0 unspecified atom stereocenters. The van der Waals surface area contributed by atoms with E-state index >= 15 is 0 Å². The molecule has 3 atom stereocenters. The van der Waals surface area contributed by atoms with Gasteiger partial charge in [-0.15, -0.1) is 0 Å². The number of amides is 6. The summed E-state index contributed by atoms with van der Waals surface area (Å²) in [6.07, 6.45) is 1.46. The van der Waals surface area contributed by atoms with Gasteiger partial charge in [-0.25, -0.2) is 4.79 Å². The summed E-state index contributed by atoms with van der Waals surface area (Å²) in [4.78, 5) is 82.9. The molecule has 1 heterocycles. The highest BCUT2D eigenvalue weighted by Gasteiger charge is 2.38. The Kier molecular flexibility index (Phi) is 16.6. The summed E-state index contributed by atoms with van der Waals surface area (Å²) in [6, 6.07) is 44.4. The Morgan fingerprint density at radius 1 is 0.662 bits per heavy atom. The van der Waals surface area contributed by atoms with Gasteiger partial charge in [-0.05, 0) is 53.0 Å². The minimum atomic E-state index is -1.13. The van der Waals surface area contributed by atoms with Gasteiger partial charge in [0.2, 0.25) is 23.6 Å². The molecule has 1 fully saturated rings. The highest BCUT2D eigenvalue weighted by Crippen LogP contribution is 2.37. The normalized spacial score (nSPS) is 14.6. The molecule has 0 bridgehead atoms. The molecule has 65 heavy (non-hydrogen) atoms. The number of imide groups is 1. The van der Waals surface area contributed by atoms with Crippen molar-refractivity contribution in [3.8, 4) is 0 Å². The quantitative estimate of drug-likeness (QED) is 0.0507. The second-order valence-corrected chi connectivity index (χ2v) is 16.6. The molecule has 6 amide bonds. The maximum Gasteiger partial charge on any atom is 0.408 e. The lowest BCUT2D eigenvalue weighted by molar-refractivity contribution is -0.139. The van der Waals surface area contributed by atoms with Crippen LogP contribution in [-0.4, -0.2) is 65.2 Å². The van der Waals surface area contributed by atoms with Crippen LogP contribution >= 0.6 is 0 Å². The fourth-order valence-electron chi connectivity index (χ4n) is 8.07. The molecule has 1 aliphatic rings. The Balaban J connectivity index is 1.26. The van der Waals surface area contributed by atoms with Crippen molar-refractivity contribution in [1.82, 2.24) is 26.2 Å². The molecule has 0 spiro atoms. The van der Waals surface area contributed by atoms with Crippen molar-refractivity contribution < 1.29 is 33.5 Å². The zero-order valence-electron chi connectivity index (χ0n) is 37.1. The average Bonchev–Trinajstić information content (AvgIpc) is 3.69. The Morgan fingerprint density at radius 2 is 1.15 bits per heavy atom. The molecule has 0 radical (unpaired) electrons. The van der Waals surface area contributed by atoms with Crippen LogP contribution in [0.25, 0.3) is 0 Å². The standard InChI is InChI=1S/C53H57N5O7/c1-37(2)33-46(56-52(64)65-36-40-21-11-5-12-22-40)50(62)55-47(34-39-19-9-4-10-20-39)49(61)54-45(35-41-31-32-58(38(3)59)51(41)63)29-30-48(60)57-53(42-23-13-6-14-24-42,43-25-15-7-16-26-43)44-27-17-8-18-28-44/h4-28,35,37,45-47H,29-34,36H2,1-3H3,(H,54,61)(H,55,62)(H,56,64)(H,57,60)/b41-35+/t45-,46-,47-/m0/s1. The average molecular weight is 876 g/mol. The van der Waals surface area contributed by atoms with E-state index in [0.717, 1.165) is 32.7 Å². The molecule has 336 valence electrons. The number of alkyl carbamates (subject to hydrolysis) is 1. The van der Waals surface area contributed by atoms with E-state index in [0.29, 0.717) is 5.57 Å². The summed E-state index contributed by atoms with van der Waals surface area (Å²) in [6.45, 7) is 5.36. The number of hydrogen-bond acceptors (Lipinski definition) is 7. The molecule has 12 heteroatoms. The lowest BCUT2D eigenvalue weighted by atomic mass is 9.77. The van der Waals surface area contributed by atoms with Crippen LogP contribution in [0, 0.1) is 5.92 Å². The fraction of sp³-hybridized carbons (Fsp3) is 0.283. The molecule has 12 nitrogen and oxygen atoms in total. The summed E-state index contributed by atoms with van der Waals surface area (Å²) in [5.41, 5.74) is 3.32. The van der Waals surface area contributed by atoms with Gasteiger partial charge in [-0.2, -0.15) is 0 Å². The molecular formula is C53H57N5O7. The third-order valence-electron chi connectivity index (χ3n) is 11.3. The zero-order valence-corrected chi connectivity index (χ0v) is 37.1. The predicted molar refractivity (Wildman–Crippen MR) is 249 cm³/mol. The number of nitrogens with one attached hydrogen (secondary N) is 4. The fourth-order valence-corrected chi connectivity index (χ4v) is 8.07. The number of carbonyl (C=O) groups excluding carboxylic acids is 6. The van der Waals surface area contributed by atoms with E-state index in [9.17, 15) is 28.8 Å². The van der Waals surface area contributed by atoms with Gasteiger partial charge in [-0.1, -0.05) is 172 Å². The van der Waals surface area contributed by atoms with E-state index in [4.69, 9.17) is 4.74 Å². The number of hydrogen-bond donors (Lipinski definition) is 4. The van der Waals surface area contributed by atoms with Gasteiger partial charge in [0.1, 0.15) is 24.2 Å².